The molecule has 0 aromatic heterocycles. The molecule has 15 heavy (non-hydrogen) atoms. The zero-order chi connectivity index (χ0) is 11.3. The summed E-state index contributed by atoms with van der Waals surface area (Å²) in [6.45, 7) is 4.74. The van der Waals surface area contributed by atoms with E-state index in [1.165, 1.54) is 0 Å². The Morgan fingerprint density at radius 3 is 2.87 bits per heavy atom. The van der Waals surface area contributed by atoms with Crippen molar-refractivity contribution in [3.8, 4) is 0 Å². The predicted molar refractivity (Wildman–Crippen MR) is 61.8 cm³/mol. The van der Waals surface area contributed by atoms with E-state index in [1.807, 2.05) is 14.1 Å². The molecular weight excluding hydrogens is 190 g/mol. The zero-order valence-corrected chi connectivity index (χ0v) is 10.0. The van der Waals surface area contributed by atoms with Crippen molar-refractivity contribution in [3.63, 3.8) is 0 Å². The van der Waals surface area contributed by atoms with Crippen LogP contribution in [0.2, 0.25) is 0 Å². The Hall–Kier alpha value is -0.610. The van der Waals surface area contributed by atoms with Crippen LogP contribution in [-0.2, 0) is 4.79 Å². The second kappa shape index (κ2) is 6.08. The number of nitrogens with zero attached hydrogens (tertiary/aromatic N) is 1. The molecule has 1 saturated heterocycles. The smallest absolute Gasteiger partial charge is 0.224 e. The summed E-state index contributed by atoms with van der Waals surface area (Å²) >= 11 is 0. The molecule has 0 aromatic carbocycles. The van der Waals surface area contributed by atoms with Gasteiger partial charge >= 0.3 is 0 Å². The van der Waals surface area contributed by atoms with Gasteiger partial charge in [-0.2, -0.15) is 0 Å². The van der Waals surface area contributed by atoms with Crippen molar-refractivity contribution in [2.75, 3.05) is 33.7 Å². The Labute approximate surface area is 92.4 Å². The van der Waals surface area contributed by atoms with Crippen LogP contribution >= 0.6 is 0 Å². The van der Waals surface area contributed by atoms with Crippen molar-refractivity contribution < 1.29 is 4.79 Å². The Morgan fingerprint density at radius 1 is 1.60 bits per heavy atom. The third-order valence-electron chi connectivity index (χ3n) is 3.12. The third kappa shape index (κ3) is 4.18. The average molecular weight is 213 g/mol. The van der Waals surface area contributed by atoms with Gasteiger partial charge in [0.05, 0.1) is 5.92 Å². The minimum atomic E-state index is 0.174. The maximum Gasteiger partial charge on any atom is 0.224 e. The van der Waals surface area contributed by atoms with Gasteiger partial charge in [0.15, 0.2) is 0 Å². The van der Waals surface area contributed by atoms with Crippen molar-refractivity contribution in [2.24, 2.45) is 5.92 Å². The number of carbonyl (C=O) groups excluding carboxylic acids is 1. The predicted octanol–water partition coefficient (Wildman–Crippen LogP) is 0.0523. The number of carbonyl (C=O) groups is 1. The van der Waals surface area contributed by atoms with Crippen LogP contribution in [-0.4, -0.2) is 50.6 Å². The topological polar surface area (TPSA) is 44.4 Å². The Kier molecular flexibility index (Phi) is 5.05. The first-order chi connectivity index (χ1) is 7.11. The van der Waals surface area contributed by atoms with Crippen LogP contribution in [0, 0.1) is 5.92 Å². The molecule has 2 N–H and O–H groups in total. The lowest BCUT2D eigenvalue weighted by Gasteiger charge is -2.24. The van der Waals surface area contributed by atoms with Gasteiger partial charge in [0, 0.05) is 19.1 Å². The standard InChI is InChI=1S/C11H23N3O/c1-9(14(2)3)7-13-11(15)10-5-4-6-12-8-10/h9-10,12H,4-8H2,1-3H3,(H,13,15)/t9?,10-/m1/s1. The lowest BCUT2D eigenvalue weighted by atomic mass is 9.99. The number of piperidine rings is 1. The third-order valence-corrected chi connectivity index (χ3v) is 3.12. The van der Waals surface area contributed by atoms with E-state index in [9.17, 15) is 4.79 Å². The molecule has 4 heteroatoms. The van der Waals surface area contributed by atoms with Crippen LogP contribution in [0.15, 0.2) is 0 Å². The van der Waals surface area contributed by atoms with Gasteiger partial charge in [-0.15, -0.1) is 0 Å². The monoisotopic (exact) mass is 213 g/mol. The van der Waals surface area contributed by atoms with Crippen molar-refractivity contribution in [1.82, 2.24) is 15.5 Å². The fourth-order valence-corrected chi connectivity index (χ4v) is 1.65. The maximum atomic E-state index is 11.8. The summed E-state index contributed by atoms with van der Waals surface area (Å²) in [5, 5.41) is 6.27. The second-order valence-corrected chi connectivity index (χ2v) is 4.60. The lowest BCUT2D eigenvalue weighted by molar-refractivity contribution is -0.125. The maximum absolute atomic E-state index is 11.8. The summed E-state index contributed by atoms with van der Waals surface area (Å²) in [6, 6.07) is 0.394. The molecule has 1 amide bonds. The van der Waals surface area contributed by atoms with Gasteiger partial charge in [-0.25, -0.2) is 0 Å². The highest BCUT2D eigenvalue weighted by atomic mass is 16.1. The first-order valence-corrected chi connectivity index (χ1v) is 5.76. The van der Waals surface area contributed by atoms with Crippen LogP contribution in [0.5, 0.6) is 0 Å². The van der Waals surface area contributed by atoms with Crippen LogP contribution in [0.3, 0.4) is 0 Å². The van der Waals surface area contributed by atoms with Gasteiger partial charge in [0.1, 0.15) is 0 Å². The van der Waals surface area contributed by atoms with E-state index in [2.05, 4.69) is 22.5 Å². The molecule has 1 rings (SSSR count). The summed E-state index contributed by atoms with van der Waals surface area (Å²) in [5.41, 5.74) is 0. The molecular formula is C11H23N3O. The molecule has 1 aliphatic rings. The minimum Gasteiger partial charge on any atom is -0.354 e. The molecule has 4 nitrogen and oxygen atoms in total. The summed E-state index contributed by atoms with van der Waals surface area (Å²) < 4.78 is 0. The van der Waals surface area contributed by atoms with Crippen molar-refractivity contribution >= 4 is 5.91 Å². The van der Waals surface area contributed by atoms with Gasteiger partial charge < -0.3 is 15.5 Å². The van der Waals surface area contributed by atoms with E-state index >= 15 is 0 Å². The fourth-order valence-electron chi connectivity index (χ4n) is 1.65. The molecule has 0 aliphatic carbocycles. The Morgan fingerprint density at radius 2 is 2.33 bits per heavy atom. The highest BCUT2D eigenvalue weighted by Crippen LogP contribution is 2.09. The van der Waals surface area contributed by atoms with E-state index in [1.54, 1.807) is 0 Å². The van der Waals surface area contributed by atoms with Crippen LogP contribution < -0.4 is 10.6 Å². The molecule has 1 heterocycles. The van der Waals surface area contributed by atoms with E-state index < -0.39 is 0 Å². The summed E-state index contributed by atoms with van der Waals surface area (Å²) in [4.78, 5) is 13.9. The fraction of sp³-hybridized carbons (Fsp3) is 0.909. The van der Waals surface area contributed by atoms with E-state index in [4.69, 9.17) is 0 Å². The van der Waals surface area contributed by atoms with Gasteiger partial charge in [-0.1, -0.05) is 0 Å². The number of rotatable bonds is 4. The van der Waals surface area contributed by atoms with Gasteiger partial charge in [0.2, 0.25) is 5.91 Å². The molecule has 0 spiro atoms. The summed E-state index contributed by atoms with van der Waals surface area (Å²) in [7, 11) is 4.05. The molecule has 0 saturated carbocycles. The van der Waals surface area contributed by atoms with E-state index in [0.29, 0.717) is 6.04 Å². The van der Waals surface area contributed by atoms with E-state index in [-0.39, 0.29) is 11.8 Å². The van der Waals surface area contributed by atoms with Crippen LogP contribution in [0.4, 0.5) is 0 Å². The number of amides is 1. The van der Waals surface area contributed by atoms with Crippen LogP contribution in [0.25, 0.3) is 0 Å². The molecule has 0 radical (unpaired) electrons. The average Bonchev–Trinajstić information content (AvgIpc) is 2.26. The molecule has 1 fully saturated rings. The highest BCUT2D eigenvalue weighted by molar-refractivity contribution is 5.78. The molecule has 0 aromatic rings. The zero-order valence-electron chi connectivity index (χ0n) is 10.0. The van der Waals surface area contributed by atoms with Crippen molar-refractivity contribution in [2.45, 2.75) is 25.8 Å². The number of hydrogen-bond acceptors (Lipinski definition) is 3. The summed E-state index contributed by atoms with van der Waals surface area (Å²) in [6.07, 6.45) is 2.14. The molecule has 0 bridgehead atoms. The largest absolute Gasteiger partial charge is 0.354 e. The van der Waals surface area contributed by atoms with Gasteiger partial charge in [0.25, 0.3) is 0 Å². The summed E-state index contributed by atoms with van der Waals surface area (Å²) in [5.74, 6) is 0.379. The first kappa shape index (κ1) is 12.5. The van der Waals surface area contributed by atoms with Gasteiger partial charge in [-0.05, 0) is 40.4 Å². The minimum absolute atomic E-state index is 0.174. The second-order valence-electron chi connectivity index (χ2n) is 4.60. The Balaban J connectivity index is 2.22. The molecule has 88 valence electrons. The SMILES string of the molecule is CC(CNC(=O)[C@@H]1CCCNC1)N(C)C. The number of hydrogen-bond donors (Lipinski definition) is 2. The van der Waals surface area contributed by atoms with Crippen molar-refractivity contribution in [3.05, 3.63) is 0 Å². The Bertz CT molecular complexity index is 200. The highest BCUT2D eigenvalue weighted by Gasteiger charge is 2.20. The normalized spacial score (nSPS) is 23.9. The number of likely N-dealkylation sites (N-methyl/N-ethyl adjacent to an activating group) is 1. The number of nitrogens with one attached hydrogen (secondary N) is 2. The molecule has 2 atom stereocenters. The van der Waals surface area contributed by atoms with Gasteiger partial charge in [-0.3, -0.25) is 4.79 Å². The van der Waals surface area contributed by atoms with E-state index in [0.717, 1.165) is 32.5 Å². The lowest BCUT2D eigenvalue weighted by Crippen LogP contribution is -2.44. The first-order valence-electron chi connectivity index (χ1n) is 5.76. The van der Waals surface area contributed by atoms with Crippen LogP contribution in [0.1, 0.15) is 19.8 Å². The molecule has 1 aliphatic heterocycles. The molecule has 1 unspecified atom stereocenters. The quantitative estimate of drug-likeness (QED) is 0.694. The van der Waals surface area contributed by atoms with Crippen molar-refractivity contribution in [1.29, 1.82) is 0 Å².